The molecule has 3 heteroatoms. The largest absolute Gasteiger partial charge is 0.479 e. The van der Waals surface area contributed by atoms with E-state index >= 15 is 0 Å². The third kappa shape index (κ3) is 7.53. The quantitative estimate of drug-likeness (QED) is 0.472. The van der Waals surface area contributed by atoms with E-state index in [-0.39, 0.29) is 6.42 Å². The third-order valence-corrected chi connectivity index (χ3v) is 1.79. The second kappa shape index (κ2) is 7.80. The fraction of sp³-hybridized carbons (Fsp3) is 0.700. The van der Waals surface area contributed by atoms with Gasteiger partial charge in [0.05, 0.1) is 0 Å². The number of carboxylic acid groups (broad SMARTS) is 1. The minimum absolute atomic E-state index is 0.210. The topological polar surface area (TPSA) is 57.5 Å². The molecule has 13 heavy (non-hydrogen) atoms. The number of unbranched alkanes of at least 4 members (excludes halogenated alkanes) is 3. The van der Waals surface area contributed by atoms with Gasteiger partial charge in [0.2, 0.25) is 0 Å². The predicted molar refractivity (Wildman–Crippen MR) is 51.5 cm³/mol. The summed E-state index contributed by atoms with van der Waals surface area (Å²) in [6.07, 6.45) is 7.12. The van der Waals surface area contributed by atoms with Gasteiger partial charge in [-0.25, -0.2) is 4.79 Å². The van der Waals surface area contributed by atoms with Crippen molar-refractivity contribution in [1.82, 2.24) is 0 Å². The molecular weight excluding hydrogens is 168 g/mol. The molecule has 1 unspecified atom stereocenters. The molecule has 0 aliphatic rings. The van der Waals surface area contributed by atoms with Gasteiger partial charge < -0.3 is 10.2 Å². The summed E-state index contributed by atoms with van der Waals surface area (Å²) in [5.74, 6) is -1.15. The van der Waals surface area contributed by atoms with Gasteiger partial charge in [-0.2, -0.15) is 0 Å². The van der Waals surface area contributed by atoms with Crippen molar-refractivity contribution in [2.24, 2.45) is 0 Å². The smallest absolute Gasteiger partial charge is 0.332 e. The molecule has 0 aliphatic carbocycles. The maximum Gasteiger partial charge on any atom is 0.332 e. The van der Waals surface area contributed by atoms with Crippen LogP contribution in [0.5, 0.6) is 0 Å². The van der Waals surface area contributed by atoms with Gasteiger partial charge in [0.1, 0.15) is 0 Å². The van der Waals surface area contributed by atoms with Crippen LogP contribution in [0.25, 0.3) is 0 Å². The van der Waals surface area contributed by atoms with E-state index in [1.165, 1.54) is 12.8 Å². The molecule has 0 heterocycles. The molecule has 3 nitrogen and oxygen atoms in total. The van der Waals surface area contributed by atoms with E-state index in [0.717, 1.165) is 12.8 Å². The minimum atomic E-state index is -1.25. The van der Waals surface area contributed by atoms with Crippen molar-refractivity contribution in [1.29, 1.82) is 0 Å². The van der Waals surface area contributed by atoms with Crippen LogP contribution in [0.3, 0.4) is 0 Å². The Morgan fingerprint density at radius 1 is 1.38 bits per heavy atom. The van der Waals surface area contributed by atoms with E-state index in [1.54, 1.807) is 6.08 Å². The molecule has 0 spiro atoms. The number of carbonyl (C=O) groups is 1. The Kier molecular flexibility index (Phi) is 7.30. The Morgan fingerprint density at radius 3 is 2.62 bits per heavy atom. The second-order valence-corrected chi connectivity index (χ2v) is 3.06. The first-order valence-corrected chi connectivity index (χ1v) is 4.74. The highest BCUT2D eigenvalue weighted by atomic mass is 16.4. The highest BCUT2D eigenvalue weighted by molar-refractivity contribution is 5.72. The van der Waals surface area contributed by atoms with Crippen molar-refractivity contribution in [2.45, 2.75) is 45.1 Å². The van der Waals surface area contributed by atoms with Crippen LogP contribution in [-0.4, -0.2) is 22.3 Å². The van der Waals surface area contributed by atoms with Crippen LogP contribution < -0.4 is 0 Å². The van der Waals surface area contributed by atoms with Crippen molar-refractivity contribution >= 4 is 5.97 Å². The van der Waals surface area contributed by atoms with Crippen LogP contribution in [0.4, 0.5) is 0 Å². The minimum Gasteiger partial charge on any atom is -0.479 e. The second-order valence-electron chi connectivity index (χ2n) is 3.06. The molecule has 0 aromatic rings. The van der Waals surface area contributed by atoms with E-state index in [0.29, 0.717) is 0 Å². The summed E-state index contributed by atoms with van der Waals surface area (Å²) in [6, 6.07) is 0. The number of carboxylic acids is 1. The van der Waals surface area contributed by atoms with Crippen LogP contribution in [-0.2, 0) is 4.79 Å². The van der Waals surface area contributed by atoms with Crippen LogP contribution in [0.1, 0.15) is 39.0 Å². The predicted octanol–water partition coefficient (Wildman–Crippen LogP) is 1.96. The number of aliphatic hydroxyl groups excluding tert-OH is 1. The lowest BCUT2D eigenvalue weighted by Crippen LogP contribution is -2.17. The lowest BCUT2D eigenvalue weighted by atomic mass is 10.2. The summed E-state index contributed by atoms with van der Waals surface area (Å²) in [7, 11) is 0. The fourth-order valence-corrected chi connectivity index (χ4v) is 0.956. The van der Waals surface area contributed by atoms with E-state index < -0.39 is 12.1 Å². The van der Waals surface area contributed by atoms with Crippen LogP contribution in [0.15, 0.2) is 12.2 Å². The van der Waals surface area contributed by atoms with Crippen molar-refractivity contribution in [3.05, 3.63) is 12.2 Å². The number of hydrogen-bond donors (Lipinski definition) is 2. The zero-order valence-electron chi connectivity index (χ0n) is 8.07. The molecule has 0 rings (SSSR count). The lowest BCUT2D eigenvalue weighted by Gasteiger charge is -1.99. The van der Waals surface area contributed by atoms with Crippen LogP contribution in [0, 0.1) is 0 Å². The molecule has 0 radical (unpaired) electrons. The van der Waals surface area contributed by atoms with Gasteiger partial charge in [0.25, 0.3) is 0 Å². The molecule has 0 aromatic carbocycles. The number of rotatable bonds is 7. The molecule has 0 saturated heterocycles. The first-order valence-electron chi connectivity index (χ1n) is 4.74. The van der Waals surface area contributed by atoms with Crippen LogP contribution in [0.2, 0.25) is 0 Å². The van der Waals surface area contributed by atoms with Gasteiger partial charge in [-0.3, -0.25) is 0 Å². The molecular formula is C10H18O3. The maximum atomic E-state index is 10.2. The van der Waals surface area contributed by atoms with Crippen molar-refractivity contribution in [2.75, 3.05) is 0 Å². The Balaban J connectivity index is 3.35. The molecule has 1 atom stereocenters. The van der Waals surface area contributed by atoms with Gasteiger partial charge in [0.15, 0.2) is 6.10 Å². The molecule has 0 fully saturated rings. The zero-order chi connectivity index (χ0) is 10.1. The van der Waals surface area contributed by atoms with E-state index in [2.05, 4.69) is 6.92 Å². The summed E-state index contributed by atoms with van der Waals surface area (Å²) < 4.78 is 0. The molecule has 76 valence electrons. The van der Waals surface area contributed by atoms with E-state index in [1.807, 2.05) is 6.08 Å². The van der Waals surface area contributed by atoms with Crippen molar-refractivity contribution < 1.29 is 15.0 Å². The molecule has 0 aliphatic heterocycles. The molecule has 0 aromatic heterocycles. The Bertz CT molecular complexity index is 164. The highest BCUT2D eigenvalue weighted by Gasteiger charge is 2.09. The average molecular weight is 186 g/mol. The summed E-state index contributed by atoms with van der Waals surface area (Å²) in [4.78, 5) is 10.2. The SMILES string of the molecule is CCCCC/C=C/CC(O)C(=O)O. The average Bonchev–Trinajstić information content (AvgIpc) is 2.10. The normalized spacial score (nSPS) is 13.4. The fourth-order valence-electron chi connectivity index (χ4n) is 0.956. The Morgan fingerprint density at radius 2 is 2.08 bits per heavy atom. The molecule has 0 saturated carbocycles. The van der Waals surface area contributed by atoms with Crippen molar-refractivity contribution in [3.8, 4) is 0 Å². The monoisotopic (exact) mass is 186 g/mol. The van der Waals surface area contributed by atoms with E-state index in [9.17, 15) is 4.79 Å². The number of aliphatic carboxylic acids is 1. The van der Waals surface area contributed by atoms with Gasteiger partial charge in [-0.1, -0.05) is 31.9 Å². The van der Waals surface area contributed by atoms with E-state index in [4.69, 9.17) is 10.2 Å². The Hall–Kier alpha value is -0.830. The summed E-state index contributed by atoms with van der Waals surface area (Å²) >= 11 is 0. The lowest BCUT2D eigenvalue weighted by molar-refractivity contribution is -0.146. The first kappa shape index (κ1) is 12.2. The van der Waals surface area contributed by atoms with Gasteiger partial charge in [-0.15, -0.1) is 0 Å². The van der Waals surface area contributed by atoms with Crippen molar-refractivity contribution in [3.63, 3.8) is 0 Å². The summed E-state index contributed by atoms with van der Waals surface area (Å²) in [5.41, 5.74) is 0. The number of aliphatic hydroxyl groups is 1. The summed E-state index contributed by atoms with van der Waals surface area (Å²) in [5, 5.41) is 17.2. The van der Waals surface area contributed by atoms with Crippen LogP contribution >= 0.6 is 0 Å². The van der Waals surface area contributed by atoms with Gasteiger partial charge in [0, 0.05) is 6.42 Å². The Labute approximate surface area is 79.1 Å². The number of hydrogen-bond acceptors (Lipinski definition) is 2. The zero-order valence-corrected chi connectivity index (χ0v) is 8.07. The molecule has 2 N–H and O–H groups in total. The molecule has 0 bridgehead atoms. The highest BCUT2D eigenvalue weighted by Crippen LogP contribution is 2.01. The maximum absolute atomic E-state index is 10.2. The molecule has 0 amide bonds. The standard InChI is InChI=1S/C10H18O3/c1-2-3-4-5-6-7-8-9(11)10(12)13/h6-7,9,11H,2-5,8H2,1H3,(H,12,13)/b7-6+. The first-order chi connectivity index (χ1) is 6.18. The number of allylic oxidation sites excluding steroid dienone is 1. The van der Waals surface area contributed by atoms with Gasteiger partial charge >= 0.3 is 5.97 Å². The third-order valence-electron chi connectivity index (χ3n) is 1.79. The summed E-state index contributed by atoms with van der Waals surface area (Å²) in [6.45, 7) is 2.14. The van der Waals surface area contributed by atoms with Gasteiger partial charge in [-0.05, 0) is 12.8 Å².